The molecular formula is C19H23N3O5. The summed E-state index contributed by atoms with van der Waals surface area (Å²) in [6.07, 6.45) is 2.10. The fourth-order valence-electron chi connectivity index (χ4n) is 2.23. The van der Waals surface area contributed by atoms with E-state index in [1.807, 2.05) is 24.3 Å². The van der Waals surface area contributed by atoms with E-state index in [1.165, 1.54) is 6.21 Å². The third-order valence-electron chi connectivity index (χ3n) is 3.45. The Bertz CT molecular complexity index is 780. The Labute approximate surface area is 157 Å². The number of primary amides is 1. The Hall–Kier alpha value is -3.42. The van der Waals surface area contributed by atoms with Gasteiger partial charge in [-0.15, -0.1) is 0 Å². The van der Waals surface area contributed by atoms with Crippen molar-refractivity contribution in [1.82, 2.24) is 5.43 Å². The Kier molecular flexibility index (Phi) is 7.77. The fourth-order valence-corrected chi connectivity index (χ4v) is 2.23. The number of carbonyl (C=O) groups is 1. The van der Waals surface area contributed by atoms with Crippen molar-refractivity contribution in [3.63, 3.8) is 0 Å². The molecule has 0 heterocycles. The molecule has 0 aromatic heterocycles. The summed E-state index contributed by atoms with van der Waals surface area (Å²) in [6.45, 7) is 0.892. The van der Waals surface area contributed by atoms with Crippen LogP contribution in [0.2, 0.25) is 0 Å². The maximum atomic E-state index is 10.7. The van der Waals surface area contributed by atoms with Gasteiger partial charge in [0.1, 0.15) is 11.5 Å². The van der Waals surface area contributed by atoms with Crippen molar-refractivity contribution in [3.05, 3.63) is 48.0 Å². The first kappa shape index (κ1) is 19.9. The maximum absolute atomic E-state index is 10.7. The van der Waals surface area contributed by atoms with Gasteiger partial charge in [0, 0.05) is 18.1 Å². The Balaban J connectivity index is 1.90. The van der Waals surface area contributed by atoms with Crippen molar-refractivity contribution in [1.29, 1.82) is 0 Å². The molecular weight excluding hydrogens is 350 g/mol. The number of carbonyl (C=O) groups excluding carboxylic acids is 1. The largest absolute Gasteiger partial charge is 0.497 e. The number of methoxy groups -OCH3 is 2. The molecule has 0 spiro atoms. The van der Waals surface area contributed by atoms with E-state index in [0.717, 1.165) is 11.5 Å². The lowest BCUT2D eigenvalue weighted by Crippen LogP contribution is -2.24. The predicted molar refractivity (Wildman–Crippen MR) is 102 cm³/mol. The van der Waals surface area contributed by atoms with Crippen LogP contribution in [0.15, 0.2) is 47.6 Å². The van der Waals surface area contributed by atoms with E-state index in [0.29, 0.717) is 36.7 Å². The molecule has 8 heteroatoms. The molecule has 3 N–H and O–H groups in total. The number of para-hydroxylation sites is 1. The van der Waals surface area contributed by atoms with Crippen molar-refractivity contribution in [2.24, 2.45) is 10.8 Å². The number of hydrogen-bond acceptors (Lipinski definition) is 6. The first-order chi connectivity index (χ1) is 13.1. The second kappa shape index (κ2) is 10.5. The molecule has 0 bridgehead atoms. The van der Waals surface area contributed by atoms with Gasteiger partial charge in [0.2, 0.25) is 0 Å². The maximum Gasteiger partial charge on any atom is 0.332 e. The minimum absolute atomic E-state index is 0.411. The molecule has 8 nitrogen and oxygen atoms in total. The highest BCUT2D eigenvalue weighted by Crippen LogP contribution is 2.30. The minimum Gasteiger partial charge on any atom is -0.497 e. The number of rotatable bonds is 10. The molecule has 0 aliphatic carbocycles. The molecule has 0 unspecified atom stereocenters. The van der Waals surface area contributed by atoms with Gasteiger partial charge in [-0.3, -0.25) is 0 Å². The third-order valence-corrected chi connectivity index (χ3v) is 3.45. The van der Waals surface area contributed by atoms with Gasteiger partial charge in [-0.1, -0.05) is 12.1 Å². The third kappa shape index (κ3) is 6.43. The second-order valence-electron chi connectivity index (χ2n) is 5.34. The van der Waals surface area contributed by atoms with E-state index in [9.17, 15) is 4.79 Å². The van der Waals surface area contributed by atoms with Crippen LogP contribution in [0.1, 0.15) is 12.0 Å². The van der Waals surface area contributed by atoms with Crippen LogP contribution < -0.4 is 30.1 Å². The molecule has 0 saturated heterocycles. The Morgan fingerprint density at radius 2 is 1.81 bits per heavy atom. The smallest absolute Gasteiger partial charge is 0.332 e. The summed E-state index contributed by atoms with van der Waals surface area (Å²) < 4.78 is 22.0. The van der Waals surface area contributed by atoms with Gasteiger partial charge < -0.3 is 24.7 Å². The summed E-state index contributed by atoms with van der Waals surface area (Å²) in [4.78, 5) is 10.7. The summed E-state index contributed by atoms with van der Waals surface area (Å²) in [5, 5.41) is 3.76. The molecule has 0 radical (unpaired) electrons. The van der Waals surface area contributed by atoms with Crippen LogP contribution in [0.3, 0.4) is 0 Å². The van der Waals surface area contributed by atoms with E-state index in [4.69, 9.17) is 24.7 Å². The van der Waals surface area contributed by atoms with Crippen LogP contribution in [-0.4, -0.2) is 39.7 Å². The van der Waals surface area contributed by atoms with Gasteiger partial charge in [0.05, 0.1) is 33.6 Å². The average molecular weight is 373 g/mol. The molecule has 2 aromatic carbocycles. The van der Waals surface area contributed by atoms with Crippen LogP contribution in [0.5, 0.6) is 23.0 Å². The molecule has 0 saturated carbocycles. The summed E-state index contributed by atoms with van der Waals surface area (Å²) in [6, 6.07) is 12.0. The number of benzene rings is 2. The quantitative estimate of drug-likeness (QED) is 0.378. The van der Waals surface area contributed by atoms with Crippen molar-refractivity contribution < 1.29 is 23.7 Å². The highest BCUT2D eigenvalue weighted by Gasteiger charge is 2.09. The fraction of sp³-hybridized carbons (Fsp3) is 0.263. The van der Waals surface area contributed by atoms with Crippen molar-refractivity contribution in [2.75, 3.05) is 27.4 Å². The summed E-state index contributed by atoms with van der Waals surface area (Å²) in [5.74, 6) is 2.56. The van der Waals surface area contributed by atoms with Crippen molar-refractivity contribution in [3.8, 4) is 23.0 Å². The lowest BCUT2D eigenvalue weighted by Gasteiger charge is -2.13. The number of hydrogen-bond donors (Lipinski definition) is 2. The standard InChI is InChI=1S/C19H23N3O5/c1-24-15-7-4-8-16(12-15)26-10-5-11-27-18-14(13-21-22-19(20)23)6-3-9-17(18)25-2/h3-4,6-9,12-13H,5,10-11H2,1-2H3,(H3,20,22,23). The van der Waals surface area contributed by atoms with E-state index < -0.39 is 6.03 Å². The lowest BCUT2D eigenvalue weighted by molar-refractivity contribution is 0.239. The number of ether oxygens (including phenoxy) is 4. The summed E-state index contributed by atoms with van der Waals surface area (Å²) >= 11 is 0. The summed E-state index contributed by atoms with van der Waals surface area (Å²) in [5.41, 5.74) is 7.78. The predicted octanol–water partition coefficient (Wildman–Crippen LogP) is 2.55. The molecule has 2 aromatic rings. The number of nitrogens with two attached hydrogens (primary N) is 1. The monoisotopic (exact) mass is 373 g/mol. The number of nitrogens with one attached hydrogen (secondary N) is 1. The average Bonchev–Trinajstić information content (AvgIpc) is 2.68. The number of nitrogens with zero attached hydrogens (tertiary/aromatic N) is 1. The number of hydrazone groups is 1. The highest BCUT2D eigenvalue weighted by atomic mass is 16.5. The van der Waals surface area contributed by atoms with E-state index in [2.05, 4.69) is 10.5 Å². The SMILES string of the molecule is COc1cccc(OCCCOc2c(C=NNC(N)=O)cccc2OC)c1. The van der Waals surface area contributed by atoms with Crippen molar-refractivity contribution >= 4 is 12.2 Å². The van der Waals surface area contributed by atoms with E-state index >= 15 is 0 Å². The first-order valence-corrected chi connectivity index (χ1v) is 8.29. The van der Waals surface area contributed by atoms with E-state index in [1.54, 1.807) is 32.4 Å². The van der Waals surface area contributed by atoms with E-state index in [-0.39, 0.29) is 0 Å². The molecule has 2 rings (SSSR count). The Morgan fingerprint density at radius 1 is 1.07 bits per heavy atom. The Morgan fingerprint density at radius 3 is 2.56 bits per heavy atom. The van der Waals surface area contributed by atoms with Gasteiger partial charge >= 0.3 is 6.03 Å². The molecule has 144 valence electrons. The first-order valence-electron chi connectivity index (χ1n) is 8.29. The second-order valence-corrected chi connectivity index (χ2v) is 5.34. The minimum atomic E-state index is -0.744. The zero-order valence-electron chi connectivity index (χ0n) is 15.3. The molecule has 0 aliphatic heterocycles. The zero-order chi connectivity index (χ0) is 19.5. The molecule has 27 heavy (non-hydrogen) atoms. The van der Waals surface area contributed by atoms with Crippen LogP contribution >= 0.6 is 0 Å². The number of urea groups is 1. The van der Waals surface area contributed by atoms with Crippen LogP contribution in [0, 0.1) is 0 Å². The highest BCUT2D eigenvalue weighted by molar-refractivity contribution is 5.86. The van der Waals surface area contributed by atoms with Gasteiger partial charge in [-0.05, 0) is 24.3 Å². The van der Waals surface area contributed by atoms with Gasteiger partial charge in [-0.2, -0.15) is 5.10 Å². The van der Waals surface area contributed by atoms with Crippen LogP contribution in [0.25, 0.3) is 0 Å². The zero-order valence-corrected chi connectivity index (χ0v) is 15.3. The molecule has 0 fully saturated rings. The number of amides is 2. The van der Waals surface area contributed by atoms with Gasteiger partial charge in [-0.25, -0.2) is 10.2 Å². The summed E-state index contributed by atoms with van der Waals surface area (Å²) in [7, 11) is 3.16. The molecule has 0 aliphatic rings. The van der Waals surface area contributed by atoms with Gasteiger partial charge in [0.15, 0.2) is 11.5 Å². The lowest BCUT2D eigenvalue weighted by atomic mass is 10.2. The van der Waals surface area contributed by atoms with Crippen molar-refractivity contribution in [2.45, 2.75) is 6.42 Å². The normalized spacial score (nSPS) is 10.4. The van der Waals surface area contributed by atoms with Crippen LogP contribution in [0.4, 0.5) is 4.79 Å². The van der Waals surface area contributed by atoms with Crippen LogP contribution in [-0.2, 0) is 0 Å². The van der Waals surface area contributed by atoms with Gasteiger partial charge in [0.25, 0.3) is 0 Å². The molecule has 0 atom stereocenters. The molecule has 2 amide bonds. The topological polar surface area (TPSA) is 104 Å².